The Hall–Kier alpha value is -3.90. The van der Waals surface area contributed by atoms with Gasteiger partial charge in [0.2, 0.25) is 0 Å². The molecule has 0 spiro atoms. The van der Waals surface area contributed by atoms with E-state index in [-0.39, 0.29) is 18.5 Å². The molecule has 0 radical (unpaired) electrons. The third-order valence-electron chi connectivity index (χ3n) is 6.24. The fraction of sp³-hybridized carbons (Fsp3) is 0.346. The number of fused-ring (bicyclic) bond motifs is 2. The number of benzene rings is 1. The smallest absolute Gasteiger partial charge is 0.255 e. The zero-order valence-electron chi connectivity index (χ0n) is 21.9. The highest BCUT2D eigenvalue weighted by Gasteiger charge is 2.21. The topological polar surface area (TPSA) is 113 Å². The molecule has 198 valence electrons. The monoisotopic (exact) mass is 535 g/mol. The second kappa shape index (κ2) is 10.5. The number of aryl methyl sites for hydroxylation is 1. The van der Waals surface area contributed by atoms with E-state index in [0.717, 1.165) is 17.1 Å². The fourth-order valence-corrected chi connectivity index (χ4v) is 4.91. The van der Waals surface area contributed by atoms with Crippen LogP contribution in [0.3, 0.4) is 0 Å². The molecule has 1 amide bonds. The van der Waals surface area contributed by atoms with Crippen LogP contribution in [0.25, 0.3) is 33.5 Å². The molecule has 0 saturated carbocycles. The SMILES string of the molecule is Cn1nc(-c2cnc3c(n2)c(C(=O)NCCc2cocn2)cn3COCC[Si](C)(C)C)c2ccc(F)cc21. The molecule has 5 aromatic rings. The summed E-state index contributed by atoms with van der Waals surface area (Å²) >= 11 is 0. The molecule has 38 heavy (non-hydrogen) atoms. The Kier molecular flexibility index (Phi) is 7.08. The molecule has 5 rings (SSSR count). The van der Waals surface area contributed by atoms with Gasteiger partial charge in [-0.25, -0.2) is 19.3 Å². The maximum Gasteiger partial charge on any atom is 0.255 e. The van der Waals surface area contributed by atoms with Crippen molar-refractivity contribution in [2.75, 3.05) is 13.2 Å². The number of amides is 1. The van der Waals surface area contributed by atoms with Crippen molar-refractivity contribution in [1.29, 1.82) is 0 Å². The van der Waals surface area contributed by atoms with Crippen molar-refractivity contribution in [3.05, 3.63) is 60.3 Å². The molecule has 4 heterocycles. The first-order valence-electron chi connectivity index (χ1n) is 12.4. The molecule has 4 aromatic heterocycles. The Morgan fingerprint density at radius 3 is 2.84 bits per heavy atom. The minimum atomic E-state index is -1.24. The molecule has 10 nitrogen and oxygen atoms in total. The molecule has 0 atom stereocenters. The molecule has 0 saturated heterocycles. The standard InChI is InChI=1S/C26H30FN7O3Si/c1-33-22-11-17(27)5-6-19(22)23(32-33)21-12-29-25-24(31-21)20(13-34(25)16-36-9-10-38(2,3)4)26(35)28-8-7-18-14-37-15-30-18/h5-6,11-15H,7-10,16H2,1-4H3,(H,28,35). The number of hydrogen-bond donors (Lipinski definition) is 1. The molecule has 0 aliphatic rings. The van der Waals surface area contributed by atoms with Gasteiger partial charge in [-0.1, -0.05) is 19.6 Å². The summed E-state index contributed by atoms with van der Waals surface area (Å²) in [6.07, 6.45) is 6.79. The zero-order chi connectivity index (χ0) is 26.9. The van der Waals surface area contributed by atoms with E-state index in [2.05, 4.69) is 40.0 Å². The highest BCUT2D eigenvalue weighted by molar-refractivity contribution is 6.76. The summed E-state index contributed by atoms with van der Waals surface area (Å²) in [5.74, 6) is -0.622. The fourth-order valence-electron chi connectivity index (χ4n) is 4.15. The van der Waals surface area contributed by atoms with Gasteiger partial charge in [0.25, 0.3) is 5.91 Å². The average molecular weight is 536 g/mol. The molecule has 0 unspecified atom stereocenters. The van der Waals surface area contributed by atoms with Crippen LogP contribution in [0, 0.1) is 5.82 Å². The van der Waals surface area contributed by atoms with Crippen LogP contribution in [0.4, 0.5) is 4.39 Å². The van der Waals surface area contributed by atoms with E-state index < -0.39 is 8.07 Å². The number of rotatable bonds is 10. The summed E-state index contributed by atoms with van der Waals surface area (Å²) in [5, 5.41) is 8.23. The predicted molar refractivity (Wildman–Crippen MR) is 144 cm³/mol. The number of nitrogens with one attached hydrogen (secondary N) is 1. The van der Waals surface area contributed by atoms with Crippen LogP contribution in [-0.4, -0.2) is 56.4 Å². The van der Waals surface area contributed by atoms with E-state index >= 15 is 0 Å². The van der Waals surface area contributed by atoms with Gasteiger partial charge in [-0.2, -0.15) is 5.10 Å². The molecule has 1 aromatic carbocycles. The molecule has 0 bridgehead atoms. The maximum absolute atomic E-state index is 13.8. The predicted octanol–water partition coefficient (Wildman–Crippen LogP) is 4.40. The van der Waals surface area contributed by atoms with Gasteiger partial charge in [-0.05, 0) is 24.2 Å². The van der Waals surface area contributed by atoms with Crippen LogP contribution < -0.4 is 5.32 Å². The van der Waals surface area contributed by atoms with Gasteiger partial charge in [0, 0.05) is 46.3 Å². The molecule has 12 heteroatoms. The Balaban J connectivity index is 1.47. The Bertz CT molecular complexity index is 1590. The summed E-state index contributed by atoms with van der Waals surface area (Å²) in [5.41, 5.74) is 3.81. The van der Waals surface area contributed by atoms with E-state index in [4.69, 9.17) is 14.1 Å². The lowest BCUT2D eigenvalue weighted by atomic mass is 10.1. The van der Waals surface area contributed by atoms with Crippen molar-refractivity contribution in [1.82, 2.24) is 34.6 Å². The third-order valence-corrected chi connectivity index (χ3v) is 7.95. The highest BCUT2D eigenvalue weighted by atomic mass is 28.3. The van der Waals surface area contributed by atoms with E-state index in [0.29, 0.717) is 53.2 Å². The third kappa shape index (κ3) is 5.50. The lowest BCUT2D eigenvalue weighted by Gasteiger charge is -2.15. The van der Waals surface area contributed by atoms with E-state index in [1.807, 2.05) is 0 Å². The lowest BCUT2D eigenvalue weighted by molar-refractivity contribution is 0.0892. The molecular formula is C26H30FN7O3Si. The minimum Gasteiger partial charge on any atom is -0.451 e. The van der Waals surface area contributed by atoms with Gasteiger partial charge < -0.3 is 19.0 Å². The summed E-state index contributed by atoms with van der Waals surface area (Å²) < 4.78 is 28.2. The molecule has 0 fully saturated rings. The van der Waals surface area contributed by atoms with Gasteiger partial charge in [0.15, 0.2) is 12.0 Å². The number of oxazole rings is 1. The highest BCUT2D eigenvalue weighted by Crippen LogP contribution is 2.29. The lowest BCUT2D eigenvalue weighted by Crippen LogP contribution is -2.25. The Morgan fingerprint density at radius 1 is 1.24 bits per heavy atom. The first kappa shape index (κ1) is 25.7. The van der Waals surface area contributed by atoms with Crippen LogP contribution in [0.5, 0.6) is 0 Å². The number of nitrogens with zero attached hydrogens (tertiary/aromatic N) is 6. The van der Waals surface area contributed by atoms with E-state index in [1.165, 1.54) is 18.5 Å². The first-order valence-corrected chi connectivity index (χ1v) is 16.1. The van der Waals surface area contributed by atoms with Crippen LogP contribution in [0.2, 0.25) is 25.7 Å². The summed E-state index contributed by atoms with van der Waals surface area (Å²) in [6, 6.07) is 5.53. The van der Waals surface area contributed by atoms with Crippen molar-refractivity contribution in [2.45, 2.75) is 38.8 Å². The van der Waals surface area contributed by atoms with Crippen LogP contribution in [-0.2, 0) is 24.9 Å². The number of halogens is 1. The maximum atomic E-state index is 13.8. The van der Waals surface area contributed by atoms with Crippen LogP contribution in [0.1, 0.15) is 16.1 Å². The number of carbonyl (C=O) groups excluding carboxylic acids is 1. The van der Waals surface area contributed by atoms with Crippen molar-refractivity contribution >= 4 is 36.0 Å². The second-order valence-electron chi connectivity index (χ2n) is 10.4. The van der Waals surface area contributed by atoms with Crippen molar-refractivity contribution < 1.29 is 18.3 Å². The Morgan fingerprint density at radius 2 is 2.08 bits per heavy atom. The zero-order valence-corrected chi connectivity index (χ0v) is 22.9. The molecular weight excluding hydrogens is 505 g/mol. The van der Waals surface area contributed by atoms with Crippen molar-refractivity contribution in [3.63, 3.8) is 0 Å². The number of aromatic nitrogens is 6. The molecule has 1 N–H and O–H groups in total. The summed E-state index contributed by atoms with van der Waals surface area (Å²) in [7, 11) is 0.510. The number of ether oxygens (including phenoxy) is 1. The quantitative estimate of drug-likeness (QED) is 0.208. The van der Waals surface area contributed by atoms with Gasteiger partial charge in [-0.3, -0.25) is 9.48 Å². The van der Waals surface area contributed by atoms with Gasteiger partial charge >= 0.3 is 0 Å². The van der Waals surface area contributed by atoms with Gasteiger partial charge in [-0.15, -0.1) is 0 Å². The molecule has 0 aliphatic carbocycles. The summed E-state index contributed by atoms with van der Waals surface area (Å²) in [6.45, 7) is 8.17. The molecule has 0 aliphatic heterocycles. The Labute approximate surface area is 219 Å². The number of hydrogen-bond acceptors (Lipinski definition) is 7. The second-order valence-corrected chi connectivity index (χ2v) is 16.0. The van der Waals surface area contributed by atoms with Crippen LogP contribution in [0.15, 0.2) is 47.7 Å². The number of carbonyl (C=O) groups is 1. The van der Waals surface area contributed by atoms with Crippen LogP contribution >= 0.6 is 0 Å². The van der Waals surface area contributed by atoms with Crippen molar-refractivity contribution in [2.24, 2.45) is 7.05 Å². The minimum absolute atomic E-state index is 0.257. The van der Waals surface area contributed by atoms with E-state index in [9.17, 15) is 9.18 Å². The van der Waals surface area contributed by atoms with Gasteiger partial charge in [0.1, 0.15) is 35.7 Å². The van der Waals surface area contributed by atoms with Crippen molar-refractivity contribution in [3.8, 4) is 11.4 Å². The summed E-state index contributed by atoms with van der Waals surface area (Å²) in [4.78, 5) is 26.8. The average Bonchev–Trinajstić information content (AvgIpc) is 3.59. The van der Waals surface area contributed by atoms with Gasteiger partial charge in [0.05, 0.1) is 23.0 Å². The van der Waals surface area contributed by atoms with E-state index in [1.54, 1.807) is 41.0 Å². The largest absolute Gasteiger partial charge is 0.451 e. The normalized spacial score (nSPS) is 12.0. The first-order chi connectivity index (χ1) is 18.2.